The standard InChI is InChI=1S/C41H44N2O11/c1-43-12-11-21-23(15-31(47-4)41(51-8)38(21)49-6)25(43)13-20-14-29(45-2)30(46-3)17-28(20)54-32-16-24-26(44)18-42-36-33(24)35(39(32)50-7)34-22(37(36)48-5)9-10-27-40(34)53-19-52-27/h9-10,14-17,25-26,42,44H,11-13,18-19H2,1-8H3/t25-,26+/m1/s1. The molecule has 284 valence electrons. The molecule has 0 fully saturated rings. The minimum atomic E-state index is -0.858. The summed E-state index contributed by atoms with van der Waals surface area (Å²) < 4.78 is 60.1. The zero-order valence-electron chi connectivity index (χ0n) is 31.6. The van der Waals surface area contributed by atoms with Gasteiger partial charge < -0.3 is 57.8 Å². The number of nitrogens with zero attached hydrogens (tertiary/aromatic N) is 1. The first kappa shape index (κ1) is 35.4. The van der Waals surface area contributed by atoms with Crippen molar-refractivity contribution in [1.82, 2.24) is 4.90 Å². The van der Waals surface area contributed by atoms with E-state index in [1.807, 2.05) is 36.4 Å². The molecular weight excluding hydrogens is 696 g/mol. The van der Waals surface area contributed by atoms with Gasteiger partial charge in [0.1, 0.15) is 5.75 Å². The van der Waals surface area contributed by atoms with Crippen molar-refractivity contribution in [3.63, 3.8) is 0 Å². The second kappa shape index (κ2) is 14.0. The van der Waals surface area contributed by atoms with Crippen molar-refractivity contribution in [3.8, 4) is 63.2 Å². The van der Waals surface area contributed by atoms with Crippen molar-refractivity contribution in [3.05, 3.63) is 58.7 Å². The van der Waals surface area contributed by atoms with Gasteiger partial charge in [0.2, 0.25) is 12.5 Å². The number of benzene rings is 5. The molecule has 0 amide bonds. The summed E-state index contributed by atoms with van der Waals surface area (Å²) in [6, 6.07) is 11.4. The highest BCUT2D eigenvalue weighted by Crippen LogP contribution is 2.57. The molecule has 0 saturated carbocycles. The van der Waals surface area contributed by atoms with Crippen molar-refractivity contribution in [2.75, 3.05) is 82.0 Å². The fraction of sp³-hybridized carbons (Fsp3) is 0.366. The zero-order chi connectivity index (χ0) is 37.8. The molecule has 0 unspecified atom stereocenters. The maximum absolute atomic E-state index is 11.5. The van der Waals surface area contributed by atoms with Crippen LogP contribution in [0.1, 0.15) is 34.4 Å². The molecule has 0 radical (unpaired) electrons. The van der Waals surface area contributed by atoms with Gasteiger partial charge in [-0.15, -0.1) is 0 Å². The van der Waals surface area contributed by atoms with Crippen LogP contribution in [0, 0.1) is 0 Å². The average Bonchev–Trinajstić information content (AvgIpc) is 3.68. The molecule has 54 heavy (non-hydrogen) atoms. The van der Waals surface area contributed by atoms with E-state index < -0.39 is 6.10 Å². The summed E-state index contributed by atoms with van der Waals surface area (Å²) in [6.07, 6.45) is 0.438. The number of fused-ring (bicyclic) bond motifs is 5. The minimum absolute atomic E-state index is 0.0739. The summed E-state index contributed by atoms with van der Waals surface area (Å²) in [6.45, 7) is 1.13. The quantitative estimate of drug-likeness (QED) is 0.138. The summed E-state index contributed by atoms with van der Waals surface area (Å²) in [5.41, 5.74) is 4.38. The highest BCUT2D eigenvalue weighted by molar-refractivity contribution is 6.23. The summed E-state index contributed by atoms with van der Waals surface area (Å²) >= 11 is 0. The number of likely N-dealkylation sites (N-methyl/N-ethyl adjacent to an activating group) is 1. The molecule has 2 atom stereocenters. The maximum Gasteiger partial charge on any atom is 0.231 e. The number of β-amino-alcohol motifs (C(OH)–C–C–N with tert-alkyl or cyclic N) is 1. The fourth-order valence-electron chi connectivity index (χ4n) is 8.28. The fourth-order valence-corrected chi connectivity index (χ4v) is 8.28. The third kappa shape index (κ3) is 5.36. The number of aliphatic hydroxyl groups excluding tert-OH is 1. The Morgan fingerprint density at radius 1 is 0.704 bits per heavy atom. The minimum Gasteiger partial charge on any atom is -0.494 e. The van der Waals surface area contributed by atoms with Gasteiger partial charge in [0.05, 0.1) is 61.6 Å². The topological polar surface area (TPSA) is 128 Å². The van der Waals surface area contributed by atoms with E-state index in [4.69, 9.17) is 47.4 Å². The maximum atomic E-state index is 11.5. The van der Waals surface area contributed by atoms with Crippen LogP contribution in [0.5, 0.6) is 63.2 Å². The first-order chi connectivity index (χ1) is 26.3. The Morgan fingerprint density at radius 3 is 2.11 bits per heavy atom. The molecule has 3 heterocycles. The van der Waals surface area contributed by atoms with Gasteiger partial charge in [-0.25, -0.2) is 0 Å². The zero-order valence-corrected chi connectivity index (χ0v) is 31.6. The highest BCUT2D eigenvalue weighted by Gasteiger charge is 2.35. The van der Waals surface area contributed by atoms with Crippen LogP contribution in [0.25, 0.3) is 21.5 Å². The molecule has 13 heteroatoms. The number of methoxy groups -OCH3 is 7. The molecule has 3 aliphatic heterocycles. The number of aliphatic hydroxyl groups is 1. The Bertz CT molecular complexity index is 2290. The lowest BCUT2D eigenvalue weighted by Crippen LogP contribution is -2.34. The third-order valence-corrected chi connectivity index (χ3v) is 10.8. The number of hydrogen-bond acceptors (Lipinski definition) is 13. The molecule has 0 saturated heterocycles. The second-order valence-electron chi connectivity index (χ2n) is 13.4. The van der Waals surface area contributed by atoms with E-state index in [-0.39, 0.29) is 19.4 Å². The Hall–Kier alpha value is -5.66. The predicted octanol–water partition coefficient (Wildman–Crippen LogP) is 6.80. The second-order valence-corrected chi connectivity index (χ2v) is 13.4. The summed E-state index contributed by atoms with van der Waals surface area (Å²) in [5, 5.41) is 17.8. The summed E-state index contributed by atoms with van der Waals surface area (Å²) in [4.78, 5) is 2.31. The lowest BCUT2D eigenvalue weighted by Gasteiger charge is -2.36. The van der Waals surface area contributed by atoms with Gasteiger partial charge in [0.15, 0.2) is 51.7 Å². The first-order valence-corrected chi connectivity index (χ1v) is 17.6. The van der Waals surface area contributed by atoms with Crippen LogP contribution in [-0.2, 0) is 12.8 Å². The van der Waals surface area contributed by atoms with Crippen LogP contribution < -0.4 is 52.7 Å². The number of ether oxygens (including phenoxy) is 10. The molecule has 8 rings (SSSR count). The van der Waals surface area contributed by atoms with Gasteiger partial charge in [-0.1, -0.05) is 0 Å². The van der Waals surface area contributed by atoms with Gasteiger partial charge in [0.25, 0.3) is 0 Å². The van der Waals surface area contributed by atoms with E-state index in [9.17, 15) is 5.11 Å². The lowest BCUT2D eigenvalue weighted by molar-refractivity contribution is 0.175. The van der Waals surface area contributed by atoms with Crippen LogP contribution in [0.2, 0.25) is 0 Å². The van der Waals surface area contributed by atoms with Gasteiger partial charge >= 0.3 is 0 Å². The van der Waals surface area contributed by atoms with Gasteiger partial charge in [-0.3, -0.25) is 4.90 Å². The number of nitrogens with one attached hydrogen (secondary N) is 1. The molecule has 2 N–H and O–H groups in total. The van der Waals surface area contributed by atoms with E-state index in [0.717, 1.165) is 51.5 Å². The third-order valence-electron chi connectivity index (χ3n) is 10.8. The lowest BCUT2D eigenvalue weighted by atomic mass is 9.87. The molecule has 13 nitrogen and oxygen atoms in total. The predicted molar refractivity (Wildman–Crippen MR) is 203 cm³/mol. The van der Waals surface area contributed by atoms with Crippen LogP contribution in [0.15, 0.2) is 36.4 Å². The van der Waals surface area contributed by atoms with Gasteiger partial charge in [0, 0.05) is 57.9 Å². The van der Waals surface area contributed by atoms with E-state index in [1.165, 1.54) is 0 Å². The van der Waals surface area contributed by atoms with E-state index >= 15 is 0 Å². The molecular formula is C41H44N2O11. The largest absolute Gasteiger partial charge is 0.494 e. The summed E-state index contributed by atoms with van der Waals surface area (Å²) in [5.74, 6) is 6.04. The molecule has 3 aliphatic rings. The monoisotopic (exact) mass is 740 g/mol. The van der Waals surface area contributed by atoms with Crippen LogP contribution in [0.4, 0.5) is 5.69 Å². The van der Waals surface area contributed by atoms with E-state index in [2.05, 4.69) is 17.3 Å². The average molecular weight is 741 g/mol. The molecule has 0 aliphatic carbocycles. The Kier molecular flexibility index (Phi) is 9.14. The molecule has 0 aromatic heterocycles. The van der Waals surface area contributed by atoms with Gasteiger partial charge in [-0.2, -0.15) is 0 Å². The molecule has 5 aromatic carbocycles. The van der Waals surface area contributed by atoms with Crippen LogP contribution >= 0.6 is 0 Å². The van der Waals surface area contributed by atoms with Crippen molar-refractivity contribution in [2.24, 2.45) is 0 Å². The molecule has 5 aromatic rings. The molecule has 0 bridgehead atoms. The SMILES string of the molecule is COc1cc(C[C@@H]2c3cc(OC)c(OC)c(OC)c3CCN2C)c(Oc2cc3c4c(c(OC)c5ccc6c(c5c4c2OC)OCO6)NC[C@@H]3O)cc1OC. The van der Waals surface area contributed by atoms with Crippen molar-refractivity contribution in [2.45, 2.75) is 25.0 Å². The number of anilines is 1. The van der Waals surface area contributed by atoms with Crippen molar-refractivity contribution in [1.29, 1.82) is 0 Å². The number of hydrogen-bond donors (Lipinski definition) is 2. The normalized spacial score (nSPS) is 17.1. The Balaban J connectivity index is 1.34. The van der Waals surface area contributed by atoms with Crippen LogP contribution in [0.3, 0.4) is 0 Å². The van der Waals surface area contributed by atoms with E-state index in [0.29, 0.717) is 80.6 Å². The Labute approximate surface area is 313 Å². The van der Waals surface area contributed by atoms with Crippen molar-refractivity contribution >= 4 is 27.2 Å². The van der Waals surface area contributed by atoms with Gasteiger partial charge in [-0.05, 0) is 61.3 Å². The van der Waals surface area contributed by atoms with Crippen molar-refractivity contribution < 1.29 is 52.5 Å². The van der Waals surface area contributed by atoms with E-state index in [1.54, 1.807) is 49.8 Å². The van der Waals surface area contributed by atoms with Crippen LogP contribution in [-0.4, -0.2) is 86.7 Å². The Morgan fingerprint density at radius 2 is 1.41 bits per heavy atom. The smallest absolute Gasteiger partial charge is 0.231 e. The highest BCUT2D eigenvalue weighted by atomic mass is 16.7. The first-order valence-electron chi connectivity index (χ1n) is 17.6. The molecule has 0 spiro atoms. The summed E-state index contributed by atoms with van der Waals surface area (Å²) in [7, 11) is 13.4. The number of rotatable bonds is 11.